The maximum absolute atomic E-state index is 11.8. The van der Waals surface area contributed by atoms with Gasteiger partial charge in [-0.3, -0.25) is 15.1 Å². The molecular formula is C14H12N2O. The number of pyridine rings is 1. The van der Waals surface area contributed by atoms with Crippen LogP contribution in [0, 0.1) is 12.3 Å². The molecule has 0 bridgehead atoms. The zero-order valence-corrected chi connectivity index (χ0v) is 9.31. The van der Waals surface area contributed by atoms with E-state index >= 15 is 0 Å². The molecule has 0 aliphatic carbocycles. The van der Waals surface area contributed by atoms with E-state index in [0.717, 1.165) is 10.9 Å². The van der Waals surface area contributed by atoms with Gasteiger partial charge >= 0.3 is 0 Å². The molecule has 0 atom stereocenters. The van der Waals surface area contributed by atoms with Crippen LogP contribution in [-0.4, -0.2) is 23.9 Å². The summed E-state index contributed by atoms with van der Waals surface area (Å²) in [5.74, 6) is 2.42. The fourth-order valence-corrected chi connectivity index (χ4v) is 1.57. The van der Waals surface area contributed by atoms with Crippen LogP contribution in [0.4, 0.5) is 0 Å². The van der Waals surface area contributed by atoms with Crippen LogP contribution in [0.3, 0.4) is 0 Å². The van der Waals surface area contributed by atoms with Crippen LogP contribution >= 0.6 is 0 Å². The minimum absolute atomic E-state index is 0.00139. The van der Waals surface area contributed by atoms with Crippen molar-refractivity contribution in [3.05, 3.63) is 42.1 Å². The van der Waals surface area contributed by atoms with Crippen molar-refractivity contribution in [1.29, 1.82) is 0 Å². The Morgan fingerprint density at radius 1 is 1.41 bits per heavy atom. The van der Waals surface area contributed by atoms with Gasteiger partial charge in [-0.05, 0) is 12.1 Å². The first-order chi connectivity index (χ1) is 8.31. The molecule has 2 aromatic rings. The minimum atomic E-state index is -0.00139. The van der Waals surface area contributed by atoms with Gasteiger partial charge in [-0.1, -0.05) is 24.1 Å². The molecule has 17 heavy (non-hydrogen) atoms. The van der Waals surface area contributed by atoms with Crippen molar-refractivity contribution in [3.8, 4) is 12.3 Å². The lowest BCUT2D eigenvalue weighted by molar-refractivity contribution is 0.0992. The molecule has 1 aromatic heterocycles. The van der Waals surface area contributed by atoms with Crippen LogP contribution in [0.2, 0.25) is 0 Å². The fraction of sp³-hybridized carbons (Fsp3) is 0.143. The van der Waals surface area contributed by atoms with Crippen molar-refractivity contribution in [2.75, 3.05) is 13.1 Å². The molecule has 0 amide bonds. The zero-order chi connectivity index (χ0) is 12.1. The molecule has 0 radical (unpaired) electrons. The molecule has 0 unspecified atom stereocenters. The number of hydrogen-bond donors (Lipinski definition) is 1. The summed E-state index contributed by atoms with van der Waals surface area (Å²) in [7, 11) is 0. The molecular weight excluding hydrogens is 212 g/mol. The van der Waals surface area contributed by atoms with Gasteiger partial charge in [0, 0.05) is 17.1 Å². The van der Waals surface area contributed by atoms with Gasteiger partial charge in [0.05, 0.1) is 18.6 Å². The van der Waals surface area contributed by atoms with Crippen molar-refractivity contribution >= 4 is 16.7 Å². The lowest BCUT2D eigenvalue weighted by Gasteiger charge is -2.02. The summed E-state index contributed by atoms with van der Waals surface area (Å²) in [5, 5.41) is 3.84. The number of hydrogen-bond acceptors (Lipinski definition) is 3. The summed E-state index contributed by atoms with van der Waals surface area (Å²) in [4.78, 5) is 16.0. The fourth-order valence-electron chi connectivity index (χ4n) is 1.57. The highest BCUT2D eigenvalue weighted by Crippen LogP contribution is 2.12. The molecule has 0 saturated carbocycles. The largest absolute Gasteiger partial charge is 0.299 e. The summed E-state index contributed by atoms with van der Waals surface area (Å²) in [6, 6.07) is 9.55. The van der Waals surface area contributed by atoms with Crippen LogP contribution in [0.15, 0.2) is 36.5 Å². The van der Waals surface area contributed by atoms with E-state index in [9.17, 15) is 4.79 Å². The second-order valence-corrected chi connectivity index (χ2v) is 3.65. The number of benzene rings is 1. The second-order valence-electron chi connectivity index (χ2n) is 3.65. The predicted molar refractivity (Wildman–Crippen MR) is 67.8 cm³/mol. The number of nitrogens with one attached hydrogen (secondary N) is 1. The lowest BCUT2D eigenvalue weighted by Crippen LogP contribution is -2.23. The van der Waals surface area contributed by atoms with Crippen LogP contribution in [-0.2, 0) is 0 Å². The van der Waals surface area contributed by atoms with E-state index in [4.69, 9.17) is 6.42 Å². The number of para-hydroxylation sites is 1. The Morgan fingerprint density at radius 3 is 3.06 bits per heavy atom. The van der Waals surface area contributed by atoms with E-state index < -0.39 is 0 Å². The summed E-state index contributed by atoms with van der Waals surface area (Å²) >= 11 is 0. The molecule has 0 aliphatic heterocycles. The molecule has 0 saturated heterocycles. The van der Waals surface area contributed by atoms with Crippen molar-refractivity contribution in [2.45, 2.75) is 0 Å². The van der Waals surface area contributed by atoms with Gasteiger partial charge in [0.25, 0.3) is 0 Å². The van der Waals surface area contributed by atoms with Gasteiger partial charge in [-0.25, -0.2) is 0 Å². The summed E-state index contributed by atoms with van der Waals surface area (Å²) in [6.07, 6.45) is 6.69. The number of fused-ring (bicyclic) bond motifs is 1. The third-order valence-corrected chi connectivity index (χ3v) is 2.43. The Labute approximate surface area is 99.9 Å². The van der Waals surface area contributed by atoms with Gasteiger partial charge in [0.1, 0.15) is 0 Å². The Bertz CT molecular complexity index is 584. The summed E-state index contributed by atoms with van der Waals surface area (Å²) in [6.45, 7) is 0.636. The van der Waals surface area contributed by atoms with E-state index in [2.05, 4.69) is 16.2 Å². The van der Waals surface area contributed by atoms with Gasteiger partial charge < -0.3 is 0 Å². The van der Waals surface area contributed by atoms with Crippen LogP contribution < -0.4 is 5.32 Å². The highest BCUT2D eigenvalue weighted by Gasteiger charge is 2.06. The minimum Gasteiger partial charge on any atom is -0.299 e. The Kier molecular flexibility index (Phi) is 3.49. The number of carbonyl (C=O) groups is 1. The molecule has 84 valence electrons. The number of nitrogens with zero attached hydrogens (tertiary/aromatic N) is 1. The number of terminal acetylenes is 1. The predicted octanol–water partition coefficient (Wildman–Crippen LogP) is 1.64. The van der Waals surface area contributed by atoms with Crippen molar-refractivity contribution in [2.24, 2.45) is 0 Å². The van der Waals surface area contributed by atoms with Crippen LogP contribution in [0.25, 0.3) is 10.9 Å². The van der Waals surface area contributed by atoms with E-state index in [1.165, 1.54) is 0 Å². The third-order valence-electron chi connectivity index (χ3n) is 2.43. The SMILES string of the molecule is C#CCNCC(=O)c1cnc2ccccc2c1. The van der Waals surface area contributed by atoms with E-state index in [1.54, 1.807) is 6.20 Å². The third kappa shape index (κ3) is 2.68. The summed E-state index contributed by atoms with van der Waals surface area (Å²) in [5.41, 5.74) is 1.49. The smallest absolute Gasteiger partial charge is 0.178 e. The molecule has 1 aromatic carbocycles. The lowest BCUT2D eigenvalue weighted by atomic mass is 10.1. The van der Waals surface area contributed by atoms with Crippen molar-refractivity contribution in [3.63, 3.8) is 0 Å². The van der Waals surface area contributed by atoms with E-state index in [-0.39, 0.29) is 12.3 Å². The average Bonchev–Trinajstić information content (AvgIpc) is 2.38. The molecule has 0 spiro atoms. The normalized spacial score (nSPS) is 10.1. The Hall–Kier alpha value is -2.18. The Morgan fingerprint density at radius 2 is 2.24 bits per heavy atom. The first-order valence-corrected chi connectivity index (χ1v) is 5.33. The van der Waals surface area contributed by atoms with Crippen molar-refractivity contribution in [1.82, 2.24) is 10.3 Å². The van der Waals surface area contributed by atoms with Gasteiger partial charge in [0.15, 0.2) is 5.78 Å². The van der Waals surface area contributed by atoms with E-state index in [0.29, 0.717) is 12.1 Å². The standard InChI is InChI=1S/C14H12N2O/c1-2-7-15-10-14(17)12-8-11-5-3-4-6-13(11)16-9-12/h1,3-6,8-9,15H,7,10H2. The van der Waals surface area contributed by atoms with E-state index in [1.807, 2.05) is 30.3 Å². The topological polar surface area (TPSA) is 42.0 Å². The molecule has 0 aliphatic rings. The Balaban J connectivity index is 2.19. The first-order valence-electron chi connectivity index (χ1n) is 5.33. The quantitative estimate of drug-likeness (QED) is 0.487. The molecule has 3 nitrogen and oxygen atoms in total. The van der Waals surface area contributed by atoms with Gasteiger partial charge in [0.2, 0.25) is 0 Å². The average molecular weight is 224 g/mol. The van der Waals surface area contributed by atoms with Gasteiger partial charge in [-0.15, -0.1) is 6.42 Å². The molecule has 1 N–H and O–H groups in total. The molecule has 2 rings (SSSR count). The molecule has 3 heteroatoms. The number of ketones is 1. The molecule has 0 fully saturated rings. The highest BCUT2D eigenvalue weighted by molar-refractivity contribution is 6.00. The maximum Gasteiger partial charge on any atom is 0.178 e. The number of Topliss-reactive ketones (excluding diaryl/α,β-unsaturated/α-hetero) is 1. The number of rotatable bonds is 4. The van der Waals surface area contributed by atoms with Crippen LogP contribution in [0.1, 0.15) is 10.4 Å². The second kappa shape index (κ2) is 5.24. The number of aromatic nitrogens is 1. The first kappa shape index (κ1) is 11.3. The molecule has 1 heterocycles. The van der Waals surface area contributed by atoms with Crippen LogP contribution in [0.5, 0.6) is 0 Å². The van der Waals surface area contributed by atoms with Gasteiger partial charge in [-0.2, -0.15) is 0 Å². The highest BCUT2D eigenvalue weighted by atomic mass is 16.1. The zero-order valence-electron chi connectivity index (χ0n) is 9.31. The maximum atomic E-state index is 11.8. The summed E-state index contributed by atoms with van der Waals surface area (Å²) < 4.78 is 0. The van der Waals surface area contributed by atoms with Crippen molar-refractivity contribution < 1.29 is 4.79 Å². The number of carbonyl (C=O) groups excluding carboxylic acids is 1. The monoisotopic (exact) mass is 224 g/mol.